The number of benzene rings is 1. The van der Waals surface area contributed by atoms with Gasteiger partial charge in [0.15, 0.2) is 0 Å². The molecule has 0 radical (unpaired) electrons. The van der Waals surface area contributed by atoms with E-state index >= 15 is 0 Å². The average Bonchev–Trinajstić information content (AvgIpc) is 2.75. The molecule has 2 aromatic rings. The molecule has 19 heavy (non-hydrogen) atoms. The van der Waals surface area contributed by atoms with Gasteiger partial charge in [0.05, 0.1) is 10.8 Å². The monoisotopic (exact) mass is 259 g/mol. The van der Waals surface area contributed by atoms with Crippen LogP contribution in [0.5, 0.6) is 0 Å². The average molecular weight is 259 g/mol. The fourth-order valence-corrected chi connectivity index (χ4v) is 2.85. The Bertz CT molecular complexity index is 690. The van der Waals surface area contributed by atoms with Crippen molar-refractivity contribution < 1.29 is 9.72 Å². The Labute approximate surface area is 108 Å². The summed E-state index contributed by atoms with van der Waals surface area (Å²) in [6.07, 6.45) is 2.42. The molecule has 6 heteroatoms. The Hall–Kier alpha value is -2.37. The molecule has 0 spiro atoms. The summed E-state index contributed by atoms with van der Waals surface area (Å²) in [5.41, 5.74) is 8.13. The van der Waals surface area contributed by atoms with Crippen LogP contribution in [0.3, 0.4) is 0 Å². The molecule has 1 amide bonds. The summed E-state index contributed by atoms with van der Waals surface area (Å²) in [5.74, 6) is -0.655. The van der Waals surface area contributed by atoms with Crippen LogP contribution in [0, 0.1) is 10.1 Å². The number of nitro benzene ring substituents is 1. The van der Waals surface area contributed by atoms with E-state index < -0.39 is 4.92 Å². The number of carbonyl (C=O) groups is 1. The third kappa shape index (κ3) is 1.76. The number of aromatic amines is 1. The molecule has 1 unspecified atom stereocenters. The van der Waals surface area contributed by atoms with E-state index in [1.807, 2.05) is 0 Å². The predicted octanol–water partition coefficient (Wildman–Crippen LogP) is 1.98. The van der Waals surface area contributed by atoms with Crippen LogP contribution in [0.1, 0.15) is 30.0 Å². The van der Waals surface area contributed by atoms with Gasteiger partial charge < -0.3 is 10.7 Å². The number of amides is 1. The van der Waals surface area contributed by atoms with E-state index in [2.05, 4.69) is 4.98 Å². The van der Waals surface area contributed by atoms with E-state index in [9.17, 15) is 14.9 Å². The highest BCUT2D eigenvalue weighted by atomic mass is 16.6. The molecule has 0 aliphatic heterocycles. The second-order valence-corrected chi connectivity index (χ2v) is 4.85. The maximum absolute atomic E-state index is 11.5. The zero-order valence-electron chi connectivity index (χ0n) is 10.2. The summed E-state index contributed by atoms with van der Waals surface area (Å²) in [6.45, 7) is 0. The summed E-state index contributed by atoms with van der Waals surface area (Å²) in [7, 11) is 0. The molecule has 6 nitrogen and oxygen atoms in total. The van der Waals surface area contributed by atoms with Gasteiger partial charge in [-0.15, -0.1) is 0 Å². The largest absolute Gasteiger partial charge is 0.369 e. The minimum atomic E-state index is -0.409. The zero-order chi connectivity index (χ0) is 13.6. The molecule has 1 aromatic heterocycles. The van der Waals surface area contributed by atoms with Crippen LogP contribution in [0.15, 0.2) is 18.2 Å². The number of nitrogens with zero attached hydrogens (tertiary/aromatic N) is 1. The molecule has 0 saturated carbocycles. The van der Waals surface area contributed by atoms with Gasteiger partial charge in [-0.3, -0.25) is 14.9 Å². The van der Waals surface area contributed by atoms with Gasteiger partial charge in [0.25, 0.3) is 5.69 Å². The maximum Gasteiger partial charge on any atom is 0.270 e. The maximum atomic E-state index is 11.5. The van der Waals surface area contributed by atoms with Gasteiger partial charge in [0.1, 0.15) is 0 Å². The molecule has 1 heterocycles. The van der Waals surface area contributed by atoms with E-state index in [0.29, 0.717) is 0 Å². The third-order valence-electron chi connectivity index (χ3n) is 3.75. The highest BCUT2D eigenvalue weighted by Gasteiger charge is 2.28. The molecular weight excluding hydrogens is 246 g/mol. The van der Waals surface area contributed by atoms with Crippen LogP contribution in [-0.4, -0.2) is 15.8 Å². The van der Waals surface area contributed by atoms with Crippen molar-refractivity contribution in [3.8, 4) is 0 Å². The second-order valence-electron chi connectivity index (χ2n) is 4.85. The fraction of sp³-hybridized carbons (Fsp3) is 0.308. The normalized spacial score (nSPS) is 18.2. The van der Waals surface area contributed by atoms with Crippen molar-refractivity contribution in [2.75, 3.05) is 0 Å². The Balaban J connectivity index is 2.22. The van der Waals surface area contributed by atoms with Crippen LogP contribution >= 0.6 is 0 Å². The van der Waals surface area contributed by atoms with E-state index in [1.165, 1.54) is 6.07 Å². The lowest BCUT2D eigenvalue weighted by Gasteiger charge is -2.19. The van der Waals surface area contributed by atoms with Gasteiger partial charge >= 0.3 is 0 Å². The fourth-order valence-electron chi connectivity index (χ4n) is 2.85. The van der Waals surface area contributed by atoms with Crippen LogP contribution in [0.2, 0.25) is 0 Å². The Morgan fingerprint density at radius 1 is 1.47 bits per heavy atom. The highest BCUT2D eigenvalue weighted by molar-refractivity contribution is 5.91. The van der Waals surface area contributed by atoms with Crippen molar-refractivity contribution in [1.82, 2.24) is 4.98 Å². The summed E-state index contributed by atoms with van der Waals surface area (Å²) < 4.78 is 0. The van der Waals surface area contributed by atoms with Gasteiger partial charge in [0, 0.05) is 28.7 Å². The molecule has 0 fully saturated rings. The number of nitro groups is 1. The number of rotatable bonds is 2. The lowest BCUT2D eigenvalue weighted by molar-refractivity contribution is -0.384. The van der Waals surface area contributed by atoms with Crippen LogP contribution < -0.4 is 5.73 Å². The molecular formula is C13H13N3O3. The third-order valence-corrected chi connectivity index (χ3v) is 3.75. The molecule has 3 N–H and O–H groups in total. The number of nitrogens with two attached hydrogens (primary N) is 1. The minimum Gasteiger partial charge on any atom is -0.369 e. The number of primary amides is 1. The van der Waals surface area contributed by atoms with Crippen LogP contribution in [-0.2, 0) is 11.2 Å². The predicted molar refractivity (Wildman–Crippen MR) is 69.8 cm³/mol. The number of aryl methyl sites for hydroxylation is 1. The molecule has 1 atom stereocenters. The molecule has 1 aliphatic rings. The molecule has 3 rings (SSSR count). The SMILES string of the molecule is NC(=O)C1CCCc2c1[nH]c1ccc([N+](=O)[O-])cc21. The molecule has 1 aliphatic carbocycles. The number of hydrogen-bond donors (Lipinski definition) is 2. The van der Waals surface area contributed by atoms with Crippen LogP contribution in [0.4, 0.5) is 5.69 Å². The standard InChI is InChI=1S/C13H13N3O3/c14-13(17)9-3-1-2-8-10-6-7(16(18)19)4-5-11(10)15-12(8)9/h4-6,9,15H,1-3H2,(H2,14,17). The number of carbonyl (C=O) groups excluding carboxylic acids is 1. The first-order chi connectivity index (χ1) is 9.08. The smallest absolute Gasteiger partial charge is 0.270 e. The highest BCUT2D eigenvalue weighted by Crippen LogP contribution is 2.36. The van der Waals surface area contributed by atoms with E-state index in [4.69, 9.17) is 5.73 Å². The Morgan fingerprint density at radius 3 is 2.95 bits per heavy atom. The summed E-state index contributed by atoms with van der Waals surface area (Å²) >= 11 is 0. The zero-order valence-corrected chi connectivity index (χ0v) is 10.2. The van der Waals surface area contributed by atoms with Gasteiger partial charge in [-0.05, 0) is 30.9 Å². The van der Waals surface area contributed by atoms with Crippen molar-refractivity contribution in [3.63, 3.8) is 0 Å². The minimum absolute atomic E-state index is 0.0653. The van der Waals surface area contributed by atoms with Crippen molar-refractivity contribution in [2.24, 2.45) is 5.73 Å². The Kier molecular flexibility index (Phi) is 2.51. The Morgan fingerprint density at radius 2 is 2.26 bits per heavy atom. The number of nitrogens with one attached hydrogen (secondary N) is 1. The van der Waals surface area contributed by atoms with Gasteiger partial charge in [-0.1, -0.05) is 0 Å². The van der Waals surface area contributed by atoms with Gasteiger partial charge in [-0.25, -0.2) is 0 Å². The second kappa shape index (κ2) is 4.08. The van der Waals surface area contributed by atoms with E-state index in [-0.39, 0.29) is 17.5 Å². The summed E-state index contributed by atoms with van der Waals surface area (Å²) in [6, 6.07) is 4.71. The first kappa shape index (κ1) is 11.7. The first-order valence-electron chi connectivity index (χ1n) is 6.16. The van der Waals surface area contributed by atoms with Gasteiger partial charge in [-0.2, -0.15) is 0 Å². The number of aromatic nitrogens is 1. The van der Waals surface area contributed by atoms with Crippen molar-refractivity contribution in [1.29, 1.82) is 0 Å². The van der Waals surface area contributed by atoms with Crippen molar-refractivity contribution >= 4 is 22.5 Å². The molecule has 1 aromatic carbocycles. The lowest BCUT2D eigenvalue weighted by atomic mass is 9.86. The summed E-state index contributed by atoms with van der Waals surface area (Å²) in [4.78, 5) is 25.1. The van der Waals surface area contributed by atoms with Gasteiger partial charge in [0.2, 0.25) is 5.91 Å². The topological polar surface area (TPSA) is 102 Å². The lowest BCUT2D eigenvalue weighted by Crippen LogP contribution is -2.24. The number of H-pyrrole nitrogens is 1. The number of non-ortho nitro benzene ring substituents is 1. The summed E-state index contributed by atoms with van der Waals surface area (Å²) in [5, 5.41) is 11.7. The molecule has 98 valence electrons. The van der Waals surface area contributed by atoms with E-state index in [0.717, 1.165) is 41.4 Å². The van der Waals surface area contributed by atoms with E-state index in [1.54, 1.807) is 12.1 Å². The molecule has 0 saturated heterocycles. The quantitative estimate of drug-likeness (QED) is 0.636. The molecule has 0 bridgehead atoms. The van der Waals surface area contributed by atoms with Crippen molar-refractivity contribution in [2.45, 2.75) is 25.2 Å². The number of fused-ring (bicyclic) bond motifs is 3. The van der Waals surface area contributed by atoms with Crippen LogP contribution in [0.25, 0.3) is 10.9 Å². The number of hydrogen-bond acceptors (Lipinski definition) is 3. The first-order valence-corrected chi connectivity index (χ1v) is 6.16. The van der Waals surface area contributed by atoms with Crippen molar-refractivity contribution in [3.05, 3.63) is 39.6 Å².